The van der Waals surface area contributed by atoms with Crippen LogP contribution in [-0.2, 0) is 6.54 Å². The van der Waals surface area contributed by atoms with Crippen LogP contribution in [0.25, 0.3) is 0 Å². The fourth-order valence-electron chi connectivity index (χ4n) is 1.55. The van der Waals surface area contributed by atoms with Gasteiger partial charge in [-0.25, -0.2) is 0 Å². The Hall–Kier alpha value is -1.62. The van der Waals surface area contributed by atoms with Gasteiger partial charge in [0.05, 0.1) is 6.54 Å². The fourth-order valence-corrected chi connectivity index (χ4v) is 2.27. The molecule has 0 unspecified atom stereocenters. The SMILES string of the molecule is CCN(Cc1cccs1)C(=O)c1cc(C)on1. The van der Waals surface area contributed by atoms with Crippen LogP contribution in [0.1, 0.15) is 28.0 Å². The molecule has 0 aliphatic carbocycles. The lowest BCUT2D eigenvalue weighted by Crippen LogP contribution is -2.30. The minimum Gasteiger partial charge on any atom is -0.361 e. The summed E-state index contributed by atoms with van der Waals surface area (Å²) in [6, 6.07) is 5.67. The van der Waals surface area contributed by atoms with E-state index in [-0.39, 0.29) is 5.91 Å². The van der Waals surface area contributed by atoms with Crippen molar-refractivity contribution in [3.63, 3.8) is 0 Å². The van der Waals surface area contributed by atoms with Crippen molar-refractivity contribution >= 4 is 17.2 Å². The van der Waals surface area contributed by atoms with E-state index in [4.69, 9.17) is 4.52 Å². The maximum absolute atomic E-state index is 12.1. The van der Waals surface area contributed by atoms with Crippen LogP contribution in [0.5, 0.6) is 0 Å². The van der Waals surface area contributed by atoms with E-state index >= 15 is 0 Å². The molecule has 17 heavy (non-hydrogen) atoms. The smallest absolute Gasteiger partial charge is 0.276 e. The molecule has 0 N–H and O–H groups in total. The highest BCUT2D eigenvalue weighted by Gasteiger charge is 2.18. The van der Waals surface area contributed by atoms with Crippen LogP contribution in [-0.4, -0.2) is 22.5 Å². The third-order valence-corrected chi connectivity index (χ3v) is 3.30. The highest BCUT2D eigenvalue weighted by molar-refractivity contribution is 7.09. The molecule has 4 nitrogen and oxygen atoms in total. The van der Waals surface area contributed by atoms with Crippen molar-refractivity contribution in [1.29, 1.82) is 0 Å². The molecule has 0 saturated heterocycles. The van der Waals surface area contributed by atoms with E-state index in [0.29, 0.717) is 24.5 Å². The summed E-state index contributed by atoms with van der Waals surface area (Å²) in [6.07, 6.45) is 0. The summed E-state index contributed by atoms with van der Waals surface area (Å²) < 4.78 is 4.92. The summed E-state index contributed by atoms with van der Waals surface area (Å²) in [7, 11) is 0. The van der Waals surface area contributed by atoms with Crippen molar-refractivity contribution in [3.8, 4) is 0 Å². The van der Waals surface area contributed by atoms with E-state index in [1.54, 1.807) is 29.2 Å². The lowest BCUT2D eigenvalue weighted by molar-refractivity contribution is 0.0743. The molecule has 2 aromatic rings. The summed E-state index contributed by atoms with van der Waals surface area (Å²) in [5, 5.41) is 5.76. The van der Waals surface area contributed by atoms with Gasteiger partial charge in [0, 0.05) is 17.5 Å². The van der Waals surface area contributed by atoms with Gasteiger partial charge in [-0.1, -0.05) is 11.2 Å². The zero-order valence-corrected chi connectivity index (χ0v) is 10.7. The van der Waals surface area contributed by atoms with Gasteiger partial charge in [-0.15, -0.1) is 11.3 Å². The highest BCUT2D eigenvalue weighted by atomic mass is 32.1. The molecule has 0 aliphatic rings. The molecule has 2 heterocycles. The predicted octanol–water partition coefficient (Wildman–Crippen LogP) is 2.71. The number of nitrogens with zero attached hydrogens (tertiary/aromatic N) is 2. The van der Waals surface area contributed by atoms with Gasteiger partial charge in [-0.05, 0) is 25.3 Å². The molecular weight excluding hydrogens is 236 g/mol. The third kappa shape index (κ3) is 2.74. The minimum atomic E-state index is -0.0854. The Bertz CT molecular complexity index is 490. The van der Waals surface area contributed by atoms with Crippen LogP contribution in [0.3, 0.4) is 0 Å². The zero-order chi connectivity index (χ0) is 12.3. The van der Waals surface area contributed by atoms with Crippen LogP contribution in [0.2, 0.25) is 0 Å². The van der Waals surface area contributed by atoms with Gasteiger partial charge in [0.25, 0.3) is 5.91 Å². The molecule has 2 rings (SSSR count). The topological polar surface area (TPSA) is 46.3 Å². The van der Waals surface area contributed by atoms with Gasteiger partial charge in [0.1, 0.15) is 5.76 Å². The van der Waals surface area contributed by atoms with Crippen LogP contribution in [0.4, 0.5) is 0 Å². The predicted molar refractivity (Wildman–Crippen MR) is 66.0 cm³/mol. The first-order chi connectivity index (χ1) is 8.20. The number of thiophene rings is 1. The Morgan fingerprint density at radius 2 is 2.41 bits per heavy atom. The van der Waals surface area contributed by atoms with E-state index in [1.807, 2.05) is 24.4 Å². The maximum Gasteiger partial charge on any atom is 0.276 e. The highest BCUT2D eigenvalue weighted by Crippen LogP contribution is 2.14. The first-order valence-electron chi connectivity index (χ1n) is 5.45. The molecule has 0 bridgehead atoms. The number of hydrogen-bond acceptors (Lipinski definition) is 4. The second kappa shape index (κ2) is 5.14. The molecule has 0 aliphatic heterocycles. The van der Waals surface area contributed by atoms with Crippen molar-refractivity contribution in [3.05, 3.63) is 39.9 Å². The Kier molecular flexibility index (Phi) is 3.58. The monoisotopic (exact) mass is 250 g/mol. The quantitative estimate of drug-likeness (QED) is 0.838. The molecule has 1 amide bonds. The lowest BCUT2D eigenvalue weighted by Gasteiger charge is -2.18. The Labute approximate surface area is 104 Å². The van der Waals surface area contributed by atoms with Gasteiger partial charge in [-0.3, -0.25) is 4.79 Å². The molecule has 5 heteroatoms. The van der Waals surface area contributed by atoms with Gasteiger partial charge >= 0.3 is 0 Å². The van der Waals surface area contributed by atoms with E-state index < -0.39 is 0 Å². The Balaban J connectivity index is 2.10. The van der Waals surface area contributed by atoms with Crippen molar-refractivity contribution in [2.45, 2.75) is 20.4 Å². The average molecular weight is 250 g/mol. The normalized spacial score (nSPS) is 10.5. The summed E-state index contributed by atoms with van der Waals surface area (Å²) >= 11 is 1.65. The van der Waals surface area contributed by atoms with Crippen molar-refractivity contribution in [2.24, 2.45) is 0 Å². The second-order valence-corrected chi connectivity index (χ2v) is 4.75. The molecule has 2 aromatic heterocycles. The largest absolute Gasteiger partial charge is 0.361 e. The van der Waals surface area contributed by atoms with Crippen LogP contribution >= 0.6 is 11.3 Å². The van der Waals surface area contributed by atoms with Gasteiger partial charge in [0.2, 0.25) is 0 Å². The molecule has 90 valence electrons. The Morgan fingerprint density at radius 3 is 2.94 bits per heavy atom. The summed E-state index contributed by atoms with van der Waals surface area (Å²) in [4.78, 5) is 15.0. The number of carbonyl (C=O) groups excluding carboxylic acids is 1. The summed E-state index contributed by atoms with van der Waals surface area (Å²) in [5.74, 6) is 0.568. The van der Waals surface area contributed by atoms with E-state index in [1.165, 1.54) is 4.88 Å². The van der Waals surface area contributed by atoms with Crippen molar-refractivity contribution < 1.29 is 9.32 Å². The van der Waals surface area contributed by atoms with E-state index in [9.17, 15) is 4.79 Å². The average Bonchev–Trinajstić information content (AvgIpc) is 2.96. The lowest BCUT2D eigenvalue weighted by atomic mass is 10.3. The van der Waals surface area contributed by atoms with Gasteiger partial charge in [0.15, 0.2) is 5.69 Å². The second-order valence-electron chi connectivity index (χ2n) is 3.72. The zero-order valence-electron chi connectivity index (χ0n) is 9.84. The van der Waals surface area contributed by atoms with Gasteiger partial charge in [-0.2, -0.15) is 0 Å². The molecule has 0 fully saturated rings. The molecule has 0 saturated carbocycles. The molecular formula is C12H14N2O2S. The standard InChI is InChI=1S/C12H14N2O2S/c1-3-14(8-10-5-4-6-17-10)12(15)11-7-9(2)16-13-11/h4-7H,3,8H2,1-2H3. The minimum absolute atomic E-state index is 0.0854. The van der Waals surface area contributed by atoms with E-state index in [2.05, 4.69) is 5.16 Å². The number of carbonyl (C=O) groups is 1. The van der Waals surface area contributed by atoms with Crippen LogP contribution < -0.4 is 0 Å². The van der Waals surface area contributed by atoms with Crippen molar-refractivity contribution in [1.82, 2.24) is 10.1 Å². The summed E-state index contributed by atoms with van der Waals surface area (Å²) in [6.45, 7) is 5.01. The first-order valence-corrected chi connectivity index (χ1v) is 6.33. The fraction of sp³-hybridized carbons (Fsp3) is 0.333. The van der Waals surface area contributed by atoms with Crippen molar-refractivity contribution in [2.75, 3.05) is 6.54 Å². The van der Waals surface area contributed by atoms with Gasteiger partial charge < -0.3 is 9.42 Å². The number of aryl methyl sites for hydroxylation is 1. The third-order valence-electron chi connectivity index (χ3n) is 2.44. The summed E-state index contributed by atoms with van der Waals surface area (Å²) in [5.41, 5.74) is 0.376. The number of aromatic nitrogens is 1. The Morgan fingerprint density at radius 1 is 1.59 bits per heavy atom. The van der Waals surface area contributed by atoms with E-state index in [0.717, 1.165) is 0 Å². The number of rotatable bonds is 4. The van der Waals surface area contributed by atoms with Crippen LogP contribution in [0, 0.1) is 6.92 Å². The molecule has 0 aromatic carbocycles. The maximum atomic E-state index is 12.1. The number of hydrogen-bond donors (Lipinski definition) is 0. The number of amides is 1. The molecule has 0 atom stereocenters. The molecule has 0 spiro atoms. The van der Waals surface area contributed by atoms with Crippen LogP contribution in [0.15, 0.2) is 28.1 Å². The first kappa shape index (κ1) is 11.9. The molecule has 0 radical (unpaired) electrons.